The molecule has 14 heteroatoms. The van der Waals surface area contributed by atoms with E-state index in [2.05, 4.69) is 26.2 Å². The number of nitro benzene ring substituents is 1. The minimum atomic E-state index is -4.30. The van der Waals surface area contributed by atoms with Crippen LogP contribution in [0.5, 0.6) is 11.5 Å². The standard InChI is InChI=1S/C23H15BrIN3O7S2/c1-34-19-11-13(12-20-22(29)27-23(36-20)26-15-4-2-14(24)3-5-15)10-18(25)21(19)35-37(32,33)17-8-6-16(7-9-17)28(30)31/h2-12H,1H3,(H,26,27,29)/b20-12+. The quantitative estimate of drug-likeness (QED) is 0.109. The van der Waals surface area contributed by atoms with Gasteiger partial charge in [-0.1, -0.05) is 15.9 Å². The molecule has 0 unspecified atom stereocenters. The van der Waals surface area contributed by atoms with Crippen molar-refractivity contribution in [2.75, 3.05) is 7.11 Å². The summed E-state index contributed by atoms with van der Waals surface area (Å²) in [7, 11) is -2.95. The number of amides is 1. The first-order valence-electron chi connectivity index (χ1n) is 10.2. The monoisotopic (exact) mass is 715 g/mol. The van der Waals surface area contributed by atoms with Crippen molar-refractivity contribution in [2.45, 2.75) is 4.90 Å². The number of hydrogen-bond donors (Lipinski definition) is 1. The molecule has 3 aromatic carbocycles. The van der Waals surface area contributed by atoms with Crippen LogP contribution in [0, 0.1) is 13.7 Å². The molecule has 37 heavy (non-hydrogen) atoms. The van der Waals surface area contributed by atoms with Crippen molar-refractivity contribution in [1.29, 1.82) is 0 Å². The third-order valence-electron chi connectivity index (χ3n) is 4.79. The Labute approximate surface area is 237 Å². The molecule has 0 radical (unpaired) electrons. The minimum Gasteiger partial charge on any atom is -0.493 e. The summed E-state index contributed by atoms with van der Waals surface area (Å²) < 4.78 is 37.6. The van der Waals surface area contributed by atoms with Crippen molar-refractivity contribution >= 4 is 88.9 Å². The van der Waals surface area contributed by atoms with Gasteiger partial charge in [-0.2, -0.15) is 8.42 Å². The van der Waals surface area contributed by atoms with E-state index in [1.807, 2.05) is 46.9 Å². The van der Waals surface area contributed by atoms with Gasteiger partial charge in [-0.05, 0) is 94.5 Å². The number of methoxy groups -OCH3 is 1. The molecule has 0 aromatic heterocycles. The van der Waals surface area contributed by atoms with Gasteiger partial charge in [0.05, 0.1) is 26.2 Å². The second kappa shape index (κ2) is 11.2. The third-order valence-corrected chi connectivity index (χ3v) is 8.26. The van der Waals surface area contributed by atoms with Crippen LogP contribution in [0.25, 0.3) is 6.08 Å². The lowest BCUT2D eigenvalue weighted by Gasteiger charge is -2.13. The van der Waals surface area contributed by atoms with Crippen LogP contribution in [-0.2, 0) is 14.9 Å². The number of nitrogens with zero attached hydrogens (tertiary/aromatic N) is 2. The highest BCUT2D eigenvalue weighted by Gasteiger charge is 2.26. The topological polar surface area (TPSA) is 137 Å². The van der Waals surface area contributed by atoms with Gasteiger partial charge in [-0.15, -0.1) is 0 Å². The van der Waals surface area contributed by atoms with Gasteiger partial charge in [0.1, 0.15) is 4.90 Å². The maximum absolute atomic E-state index is 12.8. The number of nitrogens with one attached hydrogen (secondary N) is 1. The molecular weight excluding hydrogens is 701 g/mol. The number of carbonyl (C=O) groups excluding carboxylic acids is 1. The zero-order valence-corrected chi connectivity index (χ0v) is 24.1. The lowest BCUT2D eigenvalue weighted by molar-refractivity contribution is -0.384. The maximum atomic E-state index is 12.8. The van der Waals surface area contributed by atoms with Gasteiger partial charge in [0.2, 0.25) is 0 Å². The predicted molar refractivity (Wildman–Crippen MR) is 152 cm³/mol. The molecule has 4 rings (SSSR count). The Morgan fingerprint density at radius 1 is 1.14 bits per heavy atom. The number of aliphatic imine (C=N–C) groups is 1. The first kappa shape index (κ1) is 27.1. The first-order chi connectivity index (χ1) is 17.6. The molecule has 0 saturated carbocycles. The number of nitro groups is 1. The number of non-ortho nitro benzene ring substituents is 1. The average molecular weight is 716 g/mol. The number of ether oxygens (including phenoxy) is 1. The van der Waals surface area contributed by atoms with Crippen LogP contribution in [0.2, 0.25) is 0 Å². The lowest BCUT2D eigenvalue weighted by Crippen LogP contribution is -2.19. The van der Waals surface area contributed by atoms with E-state index < -0.39 is 15.0 Å². The number of benzene rings is 3. The predicted octanol–water partition coefficient (Wildman–Crippen LogP) is 5.63. The first-order valence-corrected chi connectivity index (χ1v) is 14.3. The van der Waals surface area contributed by atoms with Crippen molar-refractivity contribution in [1.82, 2.24) is 5.32 Å². The second-order valence-electron chi connectivity index (χ2n) is 7.28. The van der Waals surface area contributed by atoms with Gasteiger partial charge in [0.15, 0.2) is 16.7 Å². The van der Waals surface area contributed by atoms with Crippen LogP contribution < -0.4 is 14.2 Å². The Balaban J connectivity index is 1.58. The molecular formula is C23H15BrIN3O7S2. The number of carbonyl (C=O) groups is 1. The smallest absolute Gasteiger partial charge is 0.339 e. The molecule has 1 heterocycles. The van der Waals surface area contributed by atoms with Crippen LogP contribution in [0.15, 0.2) is 79.9 Å². The van der Waals surface area contributed by atoms with E-state index in [9.17, 15) is 23.3 Å². The molecule has 3 aromatic rings. The van der Waals surface area contributed by atoms with E-state index in [0.29, 0.717) is 24.9 Å². The highest BCUT2D eigenvalue weighted by atomic mass is 127. The summed E-state index contributed by atoms with van der Waals surface area (Å²) in [6.07, 6.45) is 1.63. The normalized spacial score (nSPS) is 15.6. The number of thioether (sulfide) groups is 1. The Kier molecular flexibility index (Phi) is 8.20. The molecule has 10 nitrogen and oxygen atoms in total. The number of halogens is 2. The molecule has 1 N–H and O–H groups in total. The van der Waals surface area contributed by atoms with Crippen LogP contribution in [-0.4, -0.2) is 31.5 Å². The summed E-state index contributed by atoms with van der Waals surface area (Å²) in [6.45, 7) is 0. The van der Waals surface area contributed by atoms with E-state index >= 15 is 0 Å². The molecule has 190 valence electrons. The van der Waals surface area contributed by atoms with Crippen molar-refractivity contribution in [2.24, 2.45) is 4.99 Å². The highest BCUT2D eigenvalue weighted by molar-refractivity contribution is 14.1. The van der Waals surface area contributed by atoms with Crippen molar-refractivity contribution in [3.05, 3.63) is 89.3 Å². The van der Waals surface area contributed by atoms with E-state index in [4.69, 9.17) is 8.92 Å². The van der Waals surface area contributed by atoms with Gasteiger partial charge >= 0.3 is 10.1 Å². The summed E-state index contributed by atoms with van der Waals surface area (Å²) in [5, 5.41) is 14.0. The fourth-order valence-electron chi connectivity index (χ4n) is 3.06. The van der Waals surface area contributed by atoms with E-state index in [0.717, 1.165) is 28.7 Å². The largest absolute Gasteiger partial charge is 0.493 e. The van der Waals surface area contributed by atoms with Crippen LogP contribution in [0.1, 0.15) is 5.56 Å². The number of rotatable bonds is 7. The zero-order valence-electron chi connectivity index (χ0n) is 18.7. The molecule has 0 bridgehead atoms. The van der Waals surface area contributed by atoms with Crippen LogP contribution in [0.3, 0.4) is 0 Å². The molecule has 0 spiro atoms. The molecule has 1 aliphatic heterocycles. The van der Waals surface area contributed by atoms with Crippen molar-refractivity contribution in [3.63, 3.8) is 0 Å². The van der Waals surface area contributed by atoms with Gasteiger partial charge in [-0.3, -0.25) is 14.9 Å². The molecule has 0 atom stereocenters. The van der Waals surface area contributed by atoms with Crippen molar-refractivity contribution < 1.29 is 27.1 Å². The van der Waals surface area contributed by atoms with Crippen LogP contribution in [0.4, 0.5) is 11.4 Å². The van der Waals surface area contributed by atoms with Gasteiger partial charge < -0.3 is 14.2 Å². The molecule has 1 saturated heterocycles. The highest BCUT2D eigenvalue weighted by Crippen LogP contribution is 2.38. The zero-order chi connectivity index (χ0) is 26.7. The van der Waals surface area contributed by atoms with Gasteiger partial charge in [-0.25, -0.2) is 4.99 Å². The number of amidine groups is 1. The van der Waals surface area contributed by atoms with E-state index in [-0.39, 0.29) is 28.0 Å². The number of hydrogen-bond acceptors (Lipinski definition) is 9. The minimum absolute atomic E-state index is 0.0513. The summed E-state index contributed by atoms with van der Waals surface area (Å²) in [4.78, 5) is 27.3. The second-order valence-corrected chi connectivity index (χ2v) is 11.9. The fourth-order valence-corrected chi connectivity index (χ4v) is 6.01. The SMILES string of the molecule is COc1cc(/C=C2/SC(=Nc3ccc(Br)cc3)NC2=O)cc(I)c1OS(=O)(=O)c1ccc([N+](=O)[O-])cc1. The molecule has 1 amide bonds. The molecule has 1 aliphatic rings. The Morgan fingerprint density at radius 3 is 2.43 bits per heavy atom. The molecule has 0 aliphatic carbocycles. The van der Waals surface area contributed by atoms with Crippen molar-refractivity contribution in [3.8, 4) is 11.5 Å². The Morgan fingerprint density at radius 2 is 1.81 bits per heavy atom. The van der Waals surface area contributed by atoms with Gasteiger partial charge in [0, 0.05) is 16.6 Å². The fraction of sp³-hybridized carbons (Fsp3) is 0.0435. The lowest BCUT2D eigenvalue weighted by atomic mass is 10.2. The van der Waals surface area contributed by atoms with E-state index in [1.54, 1.807) is 12.1 Å². The third kappa shape index (κ3) is 6.49. The van der Waals surface area contributed by atoms with E-state index in [1.165, 1.54) is 24.9 Å². The van der Waals surface area contributed by atoms with Gasteiger partial charge in [0.25, 0.3) is 11.6 Å². The summed E-state index contributed by atoms with van der Waals surface area (Å²) in [5.74, 6) is -0.253. The summed E-state index contributed by atoms with van der Waals surface area (Å²) in [6, 6.07) is 14.8. The summed E-state index contributed by atoms with van der Waals surface area (Å²) in [5.41, 5.74) is 1.01. The molecule has 1 fully saturated rings. The van der Waals surface area contributed by atoms with Crippen LogP contribution >= 0.6 is 50.3 Å². The summed E-state index contributed by atoms with van der Waals surface area (Å²) >= 11 is 6.43. The Hall–Kier alpha value is -2.95. The maximum Gasteiger partial charge on any atom is 0.339 e. The average Bonchev–Trinajstić information content (AvgIpc) is 3.20. The Bertz CT molecular complexity index is 1560.